The summed E-state index contributed by atoms with van der Waals surface area (Å²) in [6, 6.07) is 0. The van der Waals surface area contributed by atoms with Gasteiger partial charge in [-0.2, -0.15) is 0 Å². The van der Waals surface area contributed by atoms with Gasteiger partial charge in [-0.25, -0.2) is 0 Å². The van der Waals surface area contributed by atoms with Crippen molar-refractivity contribution in [1.29, 1.82) is 0 Å². The van der Waals surface area contributed by atoms with Crippen LogP contribution in [0.5, 0.6) is 0 Å². The van der Waals surface area contributed by atoms with Gasteiger partial charge >= 0.3 is 8.80 Å². The fourth-order valence-electron chi connectivity index (χ4n) is 1.49. The van der Waals surface area contributed by atoms with Crippen LogP contribution in [-0.4, -0.2) is 28.1 Å². The molecule has 0 aromatic heterocycles. The maximum atomic E-state index is 6.16. The maximum Gasteiger partial charge on any atom is 0.529 e. The third-order valence-electron chi connectivity index (χ3n) is 2.68. The molecule has 0 saturated heterocycles. The predicted molar refractivity (Wildman–Crippen MR) is 87.4 cm³/mol. The molecule has 0 N–H and O–H groups in total. The Bertz CT molecular complexity index is 275. The molecule has 0 aliphatic rings. The predicted octanol–water partition coefficient (Wildman–Crippen LogP) is 4.22. The van der Waals surface area contributed by atoms with Crippen LogP contribution in [-0.2, 0) is 13.3 Å². The molecular formula is C16H32O3Si. The Hall–Kier alpha value is -0.423. The van der Waals surface area contributed by atoms with E-state index in [-0.39, 0.29) is 6.10 Å². The van der Waals surface area contributed by atoms with E-state index in [0.29, 0.717) is 31.0 Å². The van der Waals surface area contributed by atoms with Crippen molar-refractivity contribution < 1.29 is 13.3 Å². The maximum absolute atomic E-state index is 6.16. The van der Waals surface area contributed by atoms with Gasteiger partial charge in [0, 0.05) is 13.2 Å². The highest BCUT2D eigenvalue weighted by atomic mass is 28.4. The summed E-state index contributed by atoms with van der Waals surface area (Å²) in [7, 11) is -2.85. The first-order valence-corrected chi connectivity index (χ1v) is 9.28. The molecule has 0 amide bonds. The molecule has 0 aliphatic carbocycles. The van der Waals surface area contributed by atoms with Crippen molar-refractivity contribution in [2.75, 3.05) is 13.2 Å². The number of hydrogen-bond acceptors (Lipinski definition) is 3. The lowest BCUT2D eigenvalue weighted by Crippen LogP contribution is -2.49. The van der Waals surface area contributed by atoms with Gasteiger partial charge in [0.1, 0.15) is 0 Å². The summed E-state index contributed by atoms with van der Waals surface area (Å²) in [4.78, 5) is 0. The molecule has 0 bridgehead atoms. The van der Waals surface area contributed by atoms with Gasteiger partial charge in [0.05, 0.1) is 6.10 Å². The van der Waals surface area contributed by atoms with Gasteiger partial charge in [-0.15, -0.1) is 6.58 Å². The van der Waals surface area contributed by atoms with Crippen LogP contribution in [0.1, 0.15) is 41.5 Å². The first-order valence-electron chi connectivity index (χ1n) is 7.48. The molecule has 20 heavy (non-hydrogen) atoms. The highest BCUT2D eigenvalue weighted by Gasteiger charge is 2.41. The van der Waals surface area contributed by atoms with E-state index in [1.54, 1.807) is 5.70 Å². The first-order chi connectivity index (χ1) is 9.26. The van der Waals surface area contributed by atoms with E-state index < -0.39 is 8.80 Å². The zero-order valence-corrected chi connectivity index (χ0v) is 15.0. The molecule has 0 radical (unpaired) electrons. The van der Waals surface area contributed by atoms with Gasteiger partial charge in [0.15, 0.2) is 0 Å². The largest absolute Gasteiger partial charge is 0.529 e. The molecule has 4 heteroatoms. The van der Waals surface area contributed by atoms with E-state index in [2.05, 4.69) is 54.7 Å². The van der Waals surface area contributed by atoms with Crippen LogP contribution in [0.2, 0.25) is 0 Å². The fraction of sp³-hybridized carbons (Fsp3) is 0.750. The zero-order valence-electron chi connectivity index (χ0n) is 14.0. The van der Waals surface area contributed by atoms with Gasteiger partial charge < -0.3 is 13.3 Å². The normalized spacial score (nSPS) is 14.1. The Balaban J connectivity index is 4.96. The van der Waals surface area contributed by atoms with Crippen molar-refractivity contribution >= 4 is 8.80 Å². The van der Waals surface area contributed by atoms with Gasteiger partial charge in [-0.05, 0) is 23.5 Å². The Morgan fingerprint density at radius 1 is 0.900 bits per heavy atom. The second-order valence-electron chi connectivity index (χ2n) is 6.28. The summed E-state index contributed by atoms with van der Waals surface area (Å²) in [5, 5.41) is 0. The van der Waals surface area contributed by atoms with Crippen LogP contribution in [0.4, 0.5) is 0 Å². The molecule has 0 saturated carbocycles. The number of rotatable bonds is 11. The molecule has 1 atom stereocenters. The summed E-state index contributed by atoms with van der Waals surface area (Å²) >= 11 is 0. The molecule has 0 spiro atoms. The minimum absolute atomic E-state index is 0.0843. The Morgan fingerprint density at radius 2 is 1.35 bits per heavy atom. The lowest BCUT2D eigenvalue weighted by Gasteiger charge is -2.32. The summed E-state index contributed by atoms with van der Waals surface area (Å²) in [5.74, 6) is 1.17. The van der Waals surface area contributed by atoms with E-state index in [4.69, 9.17) is 13.3 Å². The van der Waals surface area contributed by atoms with E-state index in [9.17, 15) is 0 Å². The van der Waals surface area contributed by atoms with Gasteiger partial charge in [0.25, 0.3) is 0 Å². The van der Waals surface area contributed by atoms with Crippen LogP contribution in [0.15, 0.2) is 24.9 Å². The lowest BCUT2D eigenvalue weighted by molar-refractivity contribution is 0.0265. The van der Waals surface area contributed by atoms with Gasteiger partial charge in [-0.3, -0.25) is 0 Å². The SMILES string of the molecule is C=CC(O[Si](C=C)(OCC(C)C)OCC(C)C)C(C)C. The van der Waals surface area contributed by atoms with E-state index >= 15 is 0 Å². The van der Waals surface area contributed by atoms with Crippen molar-refractivity contribution in [2.24, 2.45) is 17.8 Å². The summed E-state index contributed by atoms with van der Waals surface area (Å²) in [5.41, 5.74) is 1.73. The molecular weight excluding hydrogens is 268 g/mol. The second kappa shape index (κ2) is 9.50. The number of hydrogen-bond donors (Lipinski definition) is 0. The van der Waals surface area contributed by atoms with Crippen LogP contribution in [0, 0.1) is 17.8 Å². The highest BCUT2D eigenvalue weighted by molar-refractivity contribution is 6.66. The summed E-state index contributed by atoms with van der Waals surface area (Å²) in [6.07, 6.45) is 1.73. The van der Waals surface area contributed by atoms with Crippen molar-refractivity contribution in [2.45, 2.75) is 47.6 Å². The average molecular weight is 301 g/mol. The molecule has 0 rings (SSSR count). The Kier molecular flexibility index (Phi) is 9.30. The smallest absolute Gasteiger partial charge is 0.370 e. The van der Waals surface area contributed by atoms with E-state index in [0.717, 1.165) is 0 Å². The van der Waals surface area contributed by atoms with E-state index in [1.165, 1.54) is 0 Å². The van der Waals surface area contributed by atoms with Crippen molar-refractivity contribution in [1.82, 2.24) is 0 Å². The molecule has 0 heterocycles. The van der Waals surface area contributed by atoms with E-state index in [1.807, 2.05) is 6.08 Å². The van der Waals surface area contributed by atoms with Gasteiger partial charge in [0.2, 0.25) is 0 Å². The lowest BCUT2D eigenvalue weighted by atomic mass is 10.1. The Morgan fingerprint density at radius 3 is 1.60 bits per heavy atom. The highest BCUT2D eigenvalue weighted by Crippen LogP contribution is 2.20. The zero-order chi connectivity index (χ0) is 15.8. The third-order valence-corrected chi connectivity index (χ3v) is 4.91. The van der Waals surface area contributed by atoms with Crippen LogP contribution < -0.4 is 0 Å². The first kappa shape index (κ1) is 19.6. The third kappa shape index (κ3) is 7.38. The van der Waals surface area contributed by atoms with Crippen LogP contribution in [0.25, 0.3) is 0 Å². The fourth-order valence-corrected chi connectivity index (χ4v) is 3.92. The molecule has 0 fully saturated rings. The second-order valence-corrected chi connectivity index (χ2v) is 8.71. The minimum atomic E-state index is -2.85. The quantitative estimate of drug-likeness (QED) is 0.422. The summed E-state index contributed by atoms with van der Waals surface area (Å²) in [6.45, 7) is 21.6. The van der Waals surface area contributed by atoms with Crippen LogP contribution >= 0.6 is 0 Å². The Labute approximate surface area is 126 Å². The molecule has 0 aromatic rings. The molecule has 1 unspecified atom stereocenters. The van der Waals surface area contributed by atoms with Crippen molar-refractivity contribution in [3.8, 4) is 0 Å². The minimum Gasteiger partial charge on any atom is -0.370 e. The molecule has 0 aliphatic heterocycles. The topological polar surface area (TPSA) is 27.7 Å². The standard InChI is InChI=1S/C16H32O3Si/c1-9-16(15(7)8)19-20(10-2,17-11-13(3)4)18-12-14(5)6/h9-10,13-16H,1-2,11-12H2,3-8H3. The van der Waals surface area contributed by atoms with Crippen molar-refractivity contribution in [3.63, 3.8) is 0 Å². The van der Waals surface area contributed by atoms with Crippen LogP contribution in [0.3, 0.4) is 0 Å². The van der Waals surface area contributed by atoms with Gasteiger partial charge in [-0.1, -0.05) is 54.2 Å². The summed E-state index contributed by atoms with van der Waals surface area (Å²) < 4.78 is 18.2. The molecule has 0 aromatic carbocycles. The molecule has 118 valence electrons. The monoisotopic (exact) mass is 300 g/mol. The molecule has 3 nitrogen and oxygen atoms in total. The average Bonchev–Trinajstić information content (AvgIpc) is 2.38. The van der Waals surface area contributed by atoms with Crippen molar-refractivity contribution in [3.05, 3.63) is 24.9 Å².